The summed E-state index contributed by atoms with van der Waals surface area (Å²) in [6, 6.07) is 7.43. The van der Waals surface area contributed by atoms with Gasteiger partial charge in [0.15, 0.2) is 0 Å². The average Bonchev–Trinajstić information content (AvgIpc) is 2.88. The molecule has 2 bridgehead atoms. The molecule has 0 aliphatic carbocycles. The van der Waals surface area contributed by atoms with E-state index >= 15 is 0 Å². The predicted octanol–water partition coefficient (Wildman–Crippen LogP) is 3.52. The fourth-order valence-corrected chi connectivity index (χ4v) is 4.53. The molecular formula is C20H27FN4. The van der Waals surface area contributed by atoms with Gasteiger partial charge in [-0.15, -0.1) is 0 Å². The second-order valence-corrected chi connectivity index (χ2v) is 7.57. The lowest BCUT2D eigenvalue weighted by Gasteiger charge is -2.35. The summed E-state index contributed by atoms with van der Waals surface area (Å²) in [5, 5.41) is 7.30. The van der Waals surface area contributed by atoms with Gasteiger partial charge in [0, 0.05) is 43.3 Å². The van der Waals surface area contributed by atoms with E-state index in [0.717, 1.165) is 42.4 Å². The quantitative estimate of drug-likeness (QED) is 0.903. The highest BCUT2D eigenvalue weighted by Crippen LogP contribution is 2.30. The molecule has 0 spiro atoms. The van der Waals surface area contributed by atoms with Crippen LogP contribution in [-0.4, -0.2) is 52.2 Å². The Morgan fingerprint density at radius 3 is 3.00 bits per heavy atom. The number of hydrogen-bond donors (Lipinski definition) is 1. The maximum absolute atomic E-state index is 13.6. The lowest BCUT2D eigenvalue weighted by Crippen LogP contribution is -2.44. The van der Waals surface area contributed by atoms with Crippen molar-refractivity contribution >= 4 is 0 Å². The second-order valence-electron chi connectivity index (χ2n) is 7.57. The second kappa shape index (κ2) is 7.26. The number of H-pyrrole nitrogens is 1. The Morgan fingerprint density at radius 2 is 2.16 bits per heavy atom. The van der Waals surface area contributed by atoms with E-state index in [1.54, 1.807) is 12.1 Å². The molecular weight excluding hydrogens is 315 g/mol. The van der Waals surface area contributed by atoms with Crippen LogP contribution in [0, 0.1) is 11.7 Å². The Hall–Kier alpha value is -1.72. The number of fused-ring (bicyclic) bond motifs is 4. The minimum Gasteiger partial charge on any atom is -0.299 e. The lowest BCUT2D eigenvalue weighted by molar-refractivity contribution is 0.131. The van der Waals surface area contributed by atoms with Crippen molar-refractivity contribution < 1.29 is 4.39 Å². The van der Waals surface area contributed by atoms with Gasteiger partial charge >= 0.3 is 0 Å². The molecule has 134 valence electrons. The first kappa shape index (κ1) is 16.7. The fourth-order valence-electron chi connectivity index (χ4n) is 4.53. The maximum Gasteiger partial charge on any atom is 0.123 e. The summed E-state index contributed by atoms with van der Waals surface area (Å²) in [7, 11) is 0. The highest BCUT2D eigenvalue weighted by atomic mass is 19.1. The number of nitrogens with one attached hydrogen (secondary N) is 1. The van der Waals surface area contributed by atoms with Gasteiger partial charge in [-0.2, -0.15) is 5.10 Å². The summed E-state index contributed by atoms with van der Waals surface area (Å²) in [6.45, 7) is 7.91. The van der Waals surface area contributed by atoms with Crippen molar-refractivity contribution in [2.75, 3.05) is 26.2 Å². The van der Waals surface area contributed by atoms with Crippen molar-refractivity contribution in [3.05, 3.63) is 41.8 Å². The largest absolute Gasteiger partial charge is 0.299 e. The van der Waals surface area contributed by atoms with Crippen LogP contribution in [0.5, 0.6) is 0 Å². The number of halogens is 1. The van der Waals surface area contributed by atoms with Crippen molar-refractivity contribution in [1.82, 2.24) is 20.0 Å². The highest BCUT2D eigenvalue weighted by molar-refractivity contribution is 5.62. The Labute approximate surface area is 149 Å². The number of piperidine rings is 1. The average molecular weight is 342 g/mol. The van der Waals surface area contributed by atoms with Crippen LogP contribution < -0.4 is 0 Å². The molecule has 4 heterocycles. The van der Waals surface area contributed by atoms with Gasteiger partial charge in [-0.3, -0.25) is 14.9 Å². The molecule has 0 saturated carbocycles. The Bertz CT molecular complexity index is 713. The number of hydrogen-bond acceptors (Lipinski definition) is 3. The topological polar surface area (TPSA) is 35.2 Å². The summed E-state index contributed by atoms with van der Waals surface area (Å²) in [5.74, 6) is 0.566. The molecule has 0 radical (unpaired) electrons. The van der Waals surface area contributed by atoms with Crippen molar-refractivity contribution in [2.24, 2.45) is 5.92 Å². The van der Waals surface area contributed by atoms with E-state index in [4.69, 9.17) is 0 Å². The highest BCUT2D eigenvalue weighted by Gasteiger charge is 2.34. The van der Waals surface area contributed by atoms with Gasteiger partial charge < -0.3 is 0 Å². The van der Waals surface area contributed by atoms with Gasteiger partial charge in [-0.25, -0.2) is 4.39 Å². The zero-order valence-electron chi connectivity index (χ0n) is 14.9. The van der Waals surface area contributed by atoms with Crippen LogP contribution in [0.1, 0.15) is 31.7 Å². The molecule has 5 rings (SSSR count). The van der Waals surface area contributed by atoms with Crippen LogP contribution in [-0.2, 0) is 6.54 Å². The number of benzene rings is 1. The van der Waals surface area contributed by atoms with Gasteiger partial charge in [-0.1, -0.05) is 19.1 Å². The van der Waals surface area contributed by atoms with E-state index in [2.05, 4.69) is 26.9 Å². The summed E-state index contributed by atoms with van der Waals surface area (Å²) < 4.78 is 13.6. The van der Waals surface area contributed by atoms with Crippen molar-refractivity contribution in [2.45, 2.75) is 38.8 Å². The van der Waals surface area contributed by atoms with Gasteiger partial charge in [0.05, 0.1) is 11.9 Å². The van der Waals surface area contributed by atoms with Crippen LogP contribution in [0.3, 0.4) is 0 Å². The van der Waals surface area contributed by atoms with Gasteiger partial charge in [0.1, 0.15) is 5.82 Å². The van der Waals surface area contributed by atoms with Crippen molar-refractivity contribution in [3.63, 3.8) is 0 Å². The zero-order valence-corrected chi connectivity index (χ0v) is 14.9. The van der Waals surface area contributed by atoms with Crippen LogP contribution in [0.4, 0.5) is 4.39 Å². The molecule has 0 amide bonds. The number of aromatic amines is 1. The Morgan fingerprint density at radius 1 is 1.24 bits per heavy atom. The molecule has 1 aromatic carbocycles. The van der Waals surface area contributed by atoms with Crippen molar-refractivity contribution in [3.8, 4) is 11.3 Å². The van der Waals surface area contributed by atoms with E-state index < -0.39 is 0 Å². The monoisotopic (exact) mass is 342 g/mol. The Kier molecular flexibility index (Phi) is 4.86. The van der Waals surface area contributed by atoms with E-state index in [9.17, 15) is 4.39 Å². The fraction of sp³-hybridized carbons (Fsp3) is 0.550. The molecule has 1 N–H and O–H groups in total. The summed E-state index contributed by atoms with van der Waals surface area (Å²) >= 11 is 0. The summed E-state index contributed by atoms with van der Waals surface area (Å²) in [5.41, 5.74) is 2.98. The molecule has 3 fully saturated rings. The SMILES string of the molecule is CCCN1C[C@H]2CC[C@@H]1CN(Cc1cn[nH]c1-c1cccc(F)c1)C2. The van der Waals surface area contributed by atoms with Gasteiger partial charge in [0.25, 0.3) is 0 Å². The molecule has 3 aliphatic rings. The lowest BCUT2D eigenvalue weighted by atomic mass is 9.95. The van der Waals surface area contributed by atoms with E-state index in [1.165, 1.54) is 38.4 Å². The third-order valence-corrected chi connectivity index (χ3v) is 5.64. The normalized spacial score (nSPS) is 24.6. The smallest absolute Gasteiger partial charge is 0.123 e. The van der Waals surface area contributed by atoms with E-state index in [0.29, 0.717) is 6.04 Å². The molecule has 3 saturated heterocycles. The first-order valence-electron chi connectivity index (χ1n) is 9.47. The summed E-state index contributed by atoms with van der Waals surface area (Å²) in [6.07, 6.45) is 5.80. The summed E-state index contributed by atoms with van der Waals surface area (Å²) in [4.78, 5) is 5.27. The van der Waals surface area contributed by atoms with Crippen molar-refractivity contribution in [1.29, 1.82) is 0 Å². The molecule has 3 aliphatic heterocycles. The molecule has 1 aromatic heterocycles. The minimum absolute atomic E-state index is 0.207. The van der Waals surface area contributed by atoms with E-state index in [-0.39, 0.29) is 5.82 Å². The minimum atomic E-state index is -0.207. The van der Waals surface area contributed by atoms with Crippen LogP contribution in [0.25, 0.3) is 11.3 Å². The number of nitrogens with zero attached hydrogens (tertiary/aromatic N) is 3. The molecule has 4 nitrogen and oxygen atoms in total. The molecule has 2 aromatic rings. The van der Waals surface area contributed by atoms with Crippen LogP contribution in [0.2, 0.25) is 0 Å². The first-order valence-corrected chi connectivity index (χ1v) is 9.47. The molecule has 2 atom stereocenters. The number of aromatic nitrogens is 2. The molecule has 5 heteroatoms. The predicted molar refractivity (Wildman–Crippen MR) is 97.6 cm³/mol. The maximum atomic E-state index is 13.6. The van der Waals surface area contributed by atoms with Gasteiger partial charge in [0.2, 0.25) is 0 Å². The van der Waals surface area contributed by atoms with Crippen LogP contribution in [0.15, 0.2) is 30.5 Å². The molecule has 25 heavy (non-hydrogen) atoms. The Balaban J connectivity index is 1.51. The van der Waals surface area contributed by atoms with Crippen LogP contribution >= 0.6 is 0 Å². The van der Waals surface area contributed by atoms with E-state index in [1.807, 2.05) is 12.3 Å². The third kappa shape index (κ3) is 3.62. The number of rotatable bonds is 5. The molecule has 0 unspecified atom stereocenters. The van der Waals surface area contributed by atoms with Gasteiger partial charge in [-0.05, 0) is 43.9 Å². The first-order chi connectivity index (χ1) is 12.2. The standard InChI is InChI=1S/C20H27FN4/c1-2-8-25-12-15-6-7-19(25)14-24(11-15)13-17-10-22-23-20(17)16-4-3-5-18(21)9-16/h3-5,9-10,15,19H,2,6-8,11-14H2,1H3,(H,22,23)/t15-,19+/m0/s1. The zero-order chi connectivity index (χ0) is 17.2. The third-order valence-electron chi connectivity index (χ3n) is 5.64.